The summed E-state index contributed by atoms with van der Waals surface area (Å²) in [5.41, 5.74) is 0.942. The van der Waals surface area contributed by atoms with E-state index in [4.69, 9.17) is 9.47 Å². The third-order valence-corrected chi connectivity index (χ3v) is 1.08. The third-order valence-electron chi connectivity index (χ3n) is 1.08. The van der Waals surface area contributed by atoms with Crippen LogP contribution in [0.3, 0.4) is 0 Å². The Morgan fingerprint density at radius 2 is 1.57 bits per heavy atom. The molecule has 0 atom stereocenters. The summed E-state index contributed by atoms with van der Waals surface area (Å²) in [6.07, 6.45) is -0.0370. The van der Waals surface area contributed by atoms with Gasteiger partial charge in [0.2, 0.25) is 0 Å². The average Bonchev–Trinajstić information content (AvgIpc) is 2.05. The number of ether oxygens (including phenoxy) is 2. The minimum Gasteiger partial charge on any atom is -0.399 e. The molecule has 0 aromatic heterocycles. The van der Waals surface area contributed by atoms with Crippen molar-refractivity contribution >= 4 is 5.71 Å². The van der Waals surface area contributed by atoms with Gasteiger partial charge in [-0.3, -0.25) is 0 Å². The Balaban J connectivity index is 0. The molecule has 4 nitrogen and oxygen atoms in total. The number of oxime groups is 1. The number of hydrogen-bond donors (Lipinski definition) is 0. The van der Waals surface area contributed by atoms with E-state index >= 15 is 0 Å². The van der Waals surface area contributed by atoms with E-state index in [0.29, 0.717) is 0 Å². The Kier molecular flexibility index (Phi) is 14.0. The molecular weight excluding hydrogens is 182 g/mol. The average molecular weight is 205 g/mol. The van der Waals surface area contributed by atoms with Gasteiger partial charge in [0.05, 0.1) is 5.71 Å². The molecule has 0 radical (unpaired) electrons. The maximum Gasteiger partial charge on any atom is 0.154 e. The second-order valence-electron chi connectivity index (χ2n) is 2.70. The summed E-state index contributed by atoms with van der Waals surface area (Å²) in [4.78, 5) is 4.39. The molecule has 0 rings (SSSR count). The van der Waals surface area contributed by atoms with Gasteiger partial charge in [0.1, 0.15) is 7.11 Å². The minimum atomic E-state index is -0.0370. The highest BCUT2D eigenvalue weighted by Crippen LogP contribution is 1.90. The first-order valence-electron chi connectivity index (χ1n) is 4.85. The minimum absolute atomic E-state index is 0.0370. The molecular formula is C10H23NO3. The second kappa shape index (κ2) is 12.4. The Morgan fingerprint density at radius 3 is 1.71 bits per heavy atom. The predicted octanol–water partition coefficient (Wildman–Crippen LogP) is 2.43. The van der Waals surface area contributed by atoms with E-state index in [2.05, 4.69) is 9.99 Å². The molecule has 0 aliphatic carbocycles. The fourth-order valence-corrected chi connectivity index (χ4v) is 0.700. The first kappa shape index (κ1) is 15.8. The number of nitrogens with zero attached hydrogens (tertiary/aromatic N) is 1. The smallest absolute Gasteiger partial charge is 0.154 e. The van der Waals surface area contributed by atoms with Crippen LogP contribution in [0.25, 0.3) is 0 Å². The van der Waals surface area contributed by atoms with E-state index in [1.807, 2.05) is 34.6 Å². The van der Waals surface area contributed by atoms with Gasteiger partial charge in [-0.15, -0.1) is 0 Å². The summed E-state index contributed by atoms with van der Waals surface area (Å²) in [5, 5.41) is 3.54. The van der Waals surface area contributed by atoms with Crippen LogP contribution in [0.15, 0.2) is 5.16 Å². The van der Waals surface area contributed by atoms with Crippen LogP contribution in [-0.2, 0) is 14.3 Å². The van der Waals surface area contributed by atoms with Gasteiger partial charge in [0.25, 0.3) is 0 Å². The summed E-state index contributed by atoms with van der Waals surface area (Å²) in [6, 6.07) is 0. The Hall–Kier alpha value is -0.610. The zero-order valence-electron chi connectivity index (χ0n) is 10.2. The van der Waals surface area contributed by atoms with Crippen molar-refractivity contribution in [2.24, 2.45) is 5.16 Å². The molecule has 0 aliphatic heterocycles. The normalized spacial score (nSPS) is 9.07. The summed E-state index contributed by atoms with van der Waals surface area (Å²) in [5.74, 6) is 0. The maximum atomic E-state index is 5.06. The molecule has 0 spiro atoms. The van der Waals surface area contributed by atoms with E-state index < -0.39 is 0 Å². The van der Waals surface area contributed by atoms with Crippen molar-refractivity contribution in [3.05, 3.63) is 0 Å². The fraction of sp³-hybridized carbons (Fsp3) is 0.900. The van der Waals surface area contributed by atoms with Gasteiger partial charge in [-0.1, -0.05) is 5.16 Å². The molecule has 0 amide bonds. The van der Waals surface area contributed by atoms with Crippen LogP contribution in [-0.4, -0.2) is 32.3 Å². The Morgan fingerprint density at radius 1 is 1.14 bits per heavy atom. The second-order valence-corrected chi connectivity index (χ2v) is 2.70. The van der Waals surface area contributed by atoms with E-state index in [-0.39, 0.29) is 6.29 Å². The van der Waals surface area contributed by atoms with Crippen LogP contribution < -0.4 is 0 Å². The van der Waals surface area contributed by atoms with Crippen LogP contribution >= 0.6 is 0 Å². The van der Waals surface area contributed by atoms with E-state index in [9.17, 15) is 0 Å². The van der Waals surface area contributed by atoms with Crippen molar-refractivity contribution in [2.45, 2.75) is 40.9 Å². The van der Waals surface area contributed by atoms with Gasteiger partial charge in [-0.05, 0) is 34.6 Å². The number of hydrogen-bond acceptors (Lipinski definition) is 4. The molecule has 0 aromatic rings. The molecule has 0 heterocycles. The lowest BCUT2D eigenvalue weighted by Gasteiger charge is -2.09. The van der Waals surface area contributed by atoms with Gasteiger partial charge >= 0.3 is 0 Å². The lowest BCUT2D eigenvalue weighted by Crippen LogP contribution is -2.11. The van der Waals surface area contributed by atoms with Crippen molar-refractivity contribution in [2.75, 3.05) is 20.3 Å². The van der Waals surface area contributed by atoms with Crippen LogP contribution in [0, 0.1) is 0 Å². The van der Waals surface area contributed by atoms with E-state index in [0.717, 1.165) is 18.9 Å². The number of rotatable bonds is 5. The van der Waals surface area contributed by atoms with Gasteiger partial charge in [0, 0.05) is 13.2 Å². The first-order chi connectivity index (χ1) is 6.58. The van der Waals surface area contributed by atoms with Gasteiger partial charge in [-0.2, -0.15) is 0 Å². The molecule has 0 fully saturated rings. The molecule has 0 aromatic carbocycles. The largest absolute Gasteiger partial charge is 0.399 e. The van der Waals surface area contributed by atoms with Gasteiger partial charge in [-0.25, -0.2) is 0 Å². The topological polar surface area (TPSA) is 40.0 Å². The first-order valence-corrected chi connectivity index (χ1v) is 4.85. The SMILES string of the molecule is CCOC(C)OCC.CON=C(C)C. The van der Waals surface area contributed by atoms with Crippen LogP contribution in [0.2, 0.25) is 0 Å². The third kappa shape index (κ3) is 17.5. The van der Waals surface area contributed by atoms with E-state index in [1.54, 1.807) is 0 Å². The summed E-state index contributed by atoms with van der Waals surface area (Å²) in [7, 11) is 1.53. The van der Waals surface area contributed by atoms with Crippen molar-refractivity contribution < 1.29 is 14.3 Å². The molecule has 0 unspecified atom stereocenters. The lowest BCUT2D eigenvalue weighted by molar-refractivity contribution is -0.123. The summed E-state index contributed by atoms with van der Waals surface area (Å²) in [6.45, 7) is 11.0. The van der Waals surface area contributed by atoms with Crippen LogP contribution in [0.5, 0.6) is 0 Å². The summed E-state index contributed by atoms with van der Waals surface area (Å²) >= 11 is 0. The zero-order valence-corrected chi connectivity index (χ0v) is 10.2. The molecule has 4 heteroatoms. The van der Waals surface area contributed by atoms with E-state index in [1.165, 1.54) is 7.11 Å². The van der Waals surface area contributed by atoms with Crippen LogP contribution in [0.4, 0.5) is 0 Å². The summed E-state index contributed by atoms with van der Waals surface area (Å²) < 4.78 is 10.1. The van der Waals surface area contributed by atoms with Gasteiger partial charge in [0.15, 0.2) is 6.29 Å². The Labute approximate surface area is 87.2 Å². The lowest BCUT2D eigenvalue weighted by atomic mass is 10.5. The quantitative estimate of drug-likeness (QED) is 0.393. The van der Waals surface area contributed by atoms with Crippen LogP contribution in [0.1, 0.15) is 34.6 Å². The van der Waals surface area contributed by atoms with Crippen molar-refractivity contribution in [1.82, 2.24) is 0 Å². The molecule has 0 bridgehead atoms. The van der Waals surface area contributed by atoms with Crippen molar-refractivity contribution in [1.29, 1.82) is 0 Å². The van der Waals surface area contributed by atoms with Crippen molar-refractivity contribution in [3.63, 3.8) is 0 Å². The monoisotopic (exact) mass is 205 g/mol. The predicted molar refractivity (Wildman–Crippen MR) is 58.5 cm³/mol. The zero-order chi connectivity index (χ0) is 11.4. The molecule has 0 saturated carbocycles. The molecule has 0 aliphatic rings. The standard InChI is InChI=1S/C6H14O2.C4H9NO/c1-4-7-6(3)8-5-2;1-4(2)5-6-3/h6H,4-5H2,1-3H3;1-3H3. The highest BCUT2D eigenvalue weighted by molar-refractivity contribution is 5.78. The maximum absolute atomic E-state index is 5.06. The Bertz CT molecular complexity index is 127. The molecule has 14 heavy (non-hydrogen) atoms. The molecule has 0 saturated heterocycles. The molecule has 86 valence electrons. The highest BCUT2D eigenvalue weighted by atomic mass is 16.7. The molecule has 0 N–H and O–H groups in total. The fourth-order valence-electron chi connectivity index (χ4n) is 0.700. The van der Waals surface area contributed by atoms with Gasteiger partial charge < -0.3 is 14.3 Å². The van der Waals surface area contributed by atoms with Crippen molar-refractivity contribution in [3.8, 4) is 0 Å². The highest BCUT2D eigenvalue weighted by Gasteiger charge is 1.94.